The van der Waals surface area contributed by atoms with Crippen molar-refractivity contribution in [2.45, 2.75) is 6.54 Å². The molecule has 2 nitrogen and oxygen atoms in total. The highest BCUT2D eigenvalue weighted by Gasteiger charge is 1.94. The predicted molar refractivity (Wildman–Crippen MR) is 46.4 cm³/mol. The van der Waals surface area contributed by atoms with Gasteiger partial charge in [-0.15, -0.1) is 0 Å². The quantitative estimate of drug-likeness (QED) is 0.420. The van der Waals surface area contributed by atoms with E-state index in [1.165, 1.54) is 0 Å². The molecule has 0 saturated carbocycles. The summed E-state index contributed by atoms with van der Waals surface area (Å²) in [5, 5.41) is 9.78. The molecule has 0 aliphatic rings. The van der Waals surface area contributed by atoms with Crippen molar-refractivity contribution >= 4 is 17.7 Å². The lowest BCUT2D eigenvalue weighted by atomic mass is 10.2. The van der Waals surface area contributed by atoms with Crippen LogP contribution in [0.1, 0.15) is 5.56 Å². The third-order valence-electron chi connectivity index (χ3n) is 1.28. The number of rotatable bonds is 3. The van der Waals surface area contributed by atoms with Gasteiger partial charge in [0, 0.05) is 0 Å². The van der Waals surface area contributed by atoms with Gasteiger partial charge in [-0.05, 0) is 5.56 Å². The van der Waals surface area contributed by atoms with E-state index in [0.717, 1.165) is 10.6 Å². The second-order valence-electron chi connectivity index (χ2n) is 2.13. The topological polar surface area (TPSA) is 23.5 Å². The van der Waals surface area contributed by atoms with Crippen molar-refractivity contribution in [2.75, 3.05) is 0 Å². The van der Waals surface area contributed by atoms with Crippen molar-refractivity contribution in [3.63, 3.8) is 0 Å². The molecule has 0 spiro atoms. The molecule has 0 bridgehead atoms. The van der Waals surface area contributed by atoms with Gasteiger partial charge in [-0.1, -0.05) is 42.5 Å². The monoisotopic (exact) mass is 166 g/mol. The van der Waals surface area contributed by atoms with Crippen molar-refractivity contribution in [3.05, 3.63) is 35.9 Å². The SMILES string of the molecule is ON([C]=S)Cc1ccccc1. The maximum atomic E-state index is 8.93. The lowest BCUT2D eigenvalue weighted by molar-refractivity contribution is -0.0138. The summed E-state index contributed by atoms with van der Waals surface area (Å²) in [4.78, 5) is 0. The normalized spacial score (nSPS) is 9.18. The minimum absolute atomic E-state index is 0.393. The second-order valence-corrected chi connectivity index (χ2v) is 2.32. The molecule has 0 fully saturated rings. The molecule has 11 heavy (non-hydrogen) atoms. The number of hydrogen-bond acceptors (Lipinski definition) is 2. The molecule has 1 aromatic carbocycles. The molecule has 0 unspecified atom stereocenters. The predicted octanol–water partition coefficient (Wildman–Crippen LogP) is 1.71. The van der Waals surface area contributed by atoms with E-state index in [4.69, 9.17) is 5.21 Å². The molecule has 1 rings (SSSR count). The van der Waals surface area contributed by atoms with Gasteiger partial charge in [0.2, 0.25) is 0 Å². The zero-order valence-corrected chi connectivity index (χ0v) is 6.71. The van der Waals surface area contributed by atoms with Gasteiger partial charge < -0.3 is 0 Å². The van der Waals surface area contributed by atoms with E-state index in [2.05, 4.69) is 17.7 Å². The summed E-state index contributed by atoms with van der Waals surface area (Å²) >= 11 is 4.40. The average molecular weight is 166 g/mol. The first-order chi connectivity index (χ1) is 5.33. The fourth-order valence-electron chi connectivity index (χ4n) is 0.789. The molecular weight excluding hydrogens is 158 g/mol. The molecular formula is C8H8NOS. The molecule has 0 aliphatic carbocycles. The standard InChI is InChI=1S/C8H8NOS/c10-9(7-11)6-8-4-2-1-3-5-8/h1-5,10H,6H2. The maximum Gasteiger partial charge on any atom is 0.163 e. The molecule has 3 heteroatoms. The number of nitrogens with zero attached hydrogens (tertiary/aromatic N) is 1. The third kappa shape index (κ3) is 2.65. The van der Waals surface area contributed by atoms with Gasteiger partial charge in [-0.3, -0.25) is 5.21 Å². The van der Waals surface area contributed by atoms with Crippen molar-refractivity contribution in [1.29, 1.82) is 0 Å². The van der Waals surface area contributed by atoms with Crippen molar-refractivity contribution in [3.8, 4) is 0 Å². The smallest absolute Gasteiger partial charge is 0.163 e. The summed E-state index contributed by atoms with van der Waals surface area (Å²) in [5.41, 5.74) is 3.19. The van der Waals surface area contributed by atoms with E-state index >= 15 is 0 Å². The molecule has 57 valence electrons. The van der Waals surface area contributed by atoms with Gasteiger partial charge in [-0.25, -0.2) is 5.06 Å². The van der Waals surface area contributed by atoms with E-state index in [1.807, 2.05) is 30.3 Å². The minimum atomic E-state index is 0.393. The van der Waals surface area contributed by atoms with Crippen LogP contribution in [0, 0.1) is 0 Å². The average Bonchev–Trinajstić information content (AvgIpc) is 2.06. The molecule has 1 aromatic rings. The van der Waals surface area contributed by atoms with Gasteiger partial charge in [0.15, 0.2) is 5.49 Å². The van der Waals surface area contributed by atoms with Crippen LogP contribution in [-0.4, -0.2) is 15.8 Å². The van der Waals surface area contributed by atoms with Gasteiger partial charge in [-0.2, -0.15) is 0 Å². The Morgan fingerprint density at radius 2 is 2.00 bits per heavy atom. The summed E-state index contributed by atoms with van der Waals surface area (Å²) < 4.78 is 0. The van der Waals surface area contributed by atoms with Crippen LogP contribution in [0.5, 0.6) is 0 Å². The Bertz CT molecular complexity index is 225. The van der Waals surface area contributed by atoms with Gasteiger partial charge >= 0.3 is 0 Å². The first-order valence-electron chi connectivity index (χ1n) is 3.21. The van der Waals surface area contributed by atoms with E-state index in [0.29, 0.717) is 6.54 Å². The highest BCUT2D eigenvalue weighted by atomic mass is 32.1. The number of hydroxylamine groups is 2. The fourth-order valence-corrected chi connectivity index (χ4v) is 0.853. The van der Waals surface area contributed by atoms with Crippen LogP contribution in [0.2, 0.25) is 0 Å². The summed E-state index contributed by atoms with van der Waals surface area (Å²) in [6, 6.07) is 9.57. The summed E-state index contributed by atoms with van der Waals surface area (Å²) in [7, 11) is 0. The van der Waals surface area contributed by atoms with Crippen molar-refractivity contribution in [2.24, 2.45) is 0 Å². The summed E-state index contributed by atoms with van der Waals surface area (Å²) in [5.74, 6) is 0. The molecule has 0 amide bonds. The third-order valence-corrected chi connectivity index (χ3v) is 1.49. The Labute approximate surface area is 71.0 Å². The minimum Gasteiger partial charge on any atom is -0.287 e. The van der Waals surface area contributed by atoms with E-state index in [-0.39, 0.29) is 0 Å². The maximum absolute atomic E-state index is 8.93. The first-order valence-corrected chi connectivity index (χ1v) is 3.62. The molecule has 1 radical (unpaired) electrons. The lowest BCUT2D eigenvalue weighted by Crippen LogP contribution is -2.14. The van der Waals surface area contributed by atoms with Gasteiger partial charge in [0.25, 0.3) is 0 Å². The largest absolute Gasteiger partial charge is 0.287 e. The molecule has 0 atom stereocenters. The lowest BCUT2D eigenvalue weighted by Gasteiger charge is -2.07. The summed E-state index contributed by atoms with van der Waals surface area (Å²) in [6.45, 7) is 0.393. The van der Waals surface area contributed by atoms with Crippen LogP contribution in [0.15, 0.2) is 30.3 Å². The van der Waals surface area contributed by atoms with Crippen LogP contribution in [0.3, 0.4) is 0 Å². The van der Waals surface area contributed by atoms with Crippen LogP contribution in [0.4, 0.5) is 0 Å². The van der Waals surface area contributed by atoms with Crippen LogP contribution in [-0.2, 0) is 6.54 Å². The molecule has 0 saturated heterocycles. The van der Waals surface area contributed by atoms with Crippen molar-refractivity contribution < 1.29 is 5.21 Å². The highest BCUT2D eigenvalue weighted by Crippen LogP contribution is 2.00. The van der Waals surface area contributed by atoms with Gasteiger partial charge in [0.1, 0.15) is 0 Å². The zero-order chi connectivity index (χ0) is 8.10. The first kappa shape index (κ1) is 8.17. The van der Waals surface area contributed by atoms with E-state index in [1.54, 1.807) is 0 Å². The second kappa shape index (κ2) is 4.05. The Morgan fingerprint density at radius 3 is 2.55 bits per heavy atom. The molecule has 0 aromatic heterocycles. The zero-order valence-electron chi connectivity index (χ0n) is 5.90. The summed E-state index contributed by atoms with van der Waals surface area (Å²) in [6.07, 6.45) is 0. The van der Waals surface area contributed by atoms with Crippen LogP contribution < -0.4 is 0 Å². The van der Waals surface area contributed by atoms with Crippen LogP contribution in [0.25, 0.3) is 0 Å². The Balaban J connectivity index is 2.57. The molecule has 0 aliphatic heterocycles. The highest BCUT2D eigenvalue weighted by molar-refractivity contribution is 7.78. The van der Waals surface area contributed by atoms with E-state index < -0.39 is 0 Å². The van der Waals surface area contributed by atoms with E-state index in [9.17, 15) is 0 Å². The van der Waals surface area contributed by atoms with Crippen LogP contribution >= 0.6 is 12.2 Å². The number of thiocarbonyl (C=S) groups is 1. The Hall–Kier alpha value is -0.930. The number of hydrogen-bond donors (Lipinski definition) is 1. The number of benzene rings is 1. The van der Waals surface area contributed by atoms with Crippen molar-refractivity contribution in [1.82, 2.24) is 5.06 Å². The molecule has 0 heterocycles. The fraction of sp³-hybridized carbons (Fsp3) is 0.125. The Morgan fingerprint density at radius 1 is 1.36 bits per heavy atom. The Kier molecular flexibility index (Phi) is 3.01. The van der Waals surface area contributed by atoms with Gasteiger partial charge in [0.05, 0.1) is 6.54 Å². The molecule has 1 N–H and O–H groups in total.